The minimum Gasteiger partial charge on any atom is -0.455 e. The predicted octanol–water partition coefficient (Wildman–Crippen LogP) is 13.2. The predicted molar refractivity (Wildman–Crippen MR) is 235 cm³/mol. The van der Waals surface area contributed by atoms with Crippen molar-refractivity contribution in [3.8, 4) is 67.5 Å². The largest absolute Gasteiger partial charge is 0.455 e. The molecule has 9 aromatic rings. The summed E-state index contributed by atoms with van der Waals surface area (Å²) in [4.78, 5) is 21.3. The second kappa shape index (κ2) is 12.6. The number of fused-ring (bicyclic) bond motifs is 6. The lowest BCUT2D eigenvalue weighted by molar-refractivity contribution is -0.0398. The smallest absolute Gasteiger partial charge is 0.167 e. The van der Waals surface area contributed by atoms with E-state index in [0.29, 0.717) is 29.3 Å². The van der Waals surface area contributed by atoms with Gasteiger partial charge >= 0.3 is 0 Å². The summed E-state index contributed by atoms with van der Waals surface area (Å²) in [6.45, 7) is 0. The summed E-state index contributed by atoms with van der Waals surface area (Å²) >= 11 is 0. The lowest BCUT2D eigenvalue weighted by Gasteiger charge is -2.61. The zero-order valence-electron chi connectivity index (χ0n) is 32.6. The number of benzene rings is 6. The molecule has 0 N–H and O–H groups in total. The quantitative estimate of drug-likeness (QED) is 0.175. The minimum atomic E-state index is -0.109. The third-order valence-electron chi connectivity index (χ3n) is 14.4. The molecule has 5 nitrogen and oxygen atoms in total. The lowest BCUT2D eigenvalue weighted by Crippen LogP contribution is -2.55. The van der Waals surface area contributed by atoms with Gasteiger partial charge in [-0.25, -0.2) is 15.0 Å². The zero-order valence-corrected chi connectivity index (χ0v) is 32.6. The van der Waals surface area contributed by atoms with Gasteiger partial charge in [-0.15, -0.1) is 0 Å². The summed E-state index contributed by atoms with van der Waals surface area (Å²) in [6.07, 6.45) is 10.7. The van der Waals surface area contributed by atoms with Crippen molar-refractivity contribution in [2.24, 2.45) is 23.7 Å². The molecule has 0 amide bonds. The van der Waals surface area contributed by atoms with Crippen LogP contribution in [0, 0.1) is 23.7 Å². The molecule has 5 aliphatic carbocycles. The Morgan fingerprint density at radius 1 is 0.458 bits per heavy atom. The summed E-state index contributed by atoms with van der Waals surface area (Å²) in [5.41, 5.74) is 14.4. The molecule has 4 saturated carbocycles. The van der Waals surface area contributed by atoms with Crippen LogP contribution in [0.5, 0.6) is 0 Å². The Hall–Kier alpha value is -6.72. The molecule has 4 fully saturated rings. The molecule has 0 atom stereocenters. The van der Waals surface area contributed by atoms with E-state index in [4.69, 9.17) is 24.4 Å². The van der Waals surface area contributed by atoms with Gasteiger partial charge in [0.25, 0.3) is 0 Å². The zero-order chi connectivity index (χ0) is 38.7. The highest BCUT2D eigenvalue weighted by Crippen LogP contribution is 2.70. The highest BCUT2D eigenvalue weighted by atomic mass is 16.3. The molecule has 3 aromatic heterocycles. The van der Waals surface area contributed by atoms with Crippen molar-refractivity contribution in [3.63, 3.8) is 0 Å². The van der Waals surface area contributed by atoms with E-state index >= 15 is 0 Å². The Kier molecular flexibility index (Phi) is 7.13. The van der Waals surface area contributed by atoms with Crippen molar-refractivity contribution in [2.75, 3.05) is 0 Å². The Labute approximate surface area is 342 Å². The SMILES string of the molecule is c1ccc(-c2cc(-c3ccccc3)cc(-c3nc(-c4cccc5c4C4(c6cnccc6-5)C5CC6CC(C5)CC4C6)nc(-c4cccc5c4oc4ccccc45)n3)c2)cc1. The van der Waals surface area contributed by atoms with Crippen LogP contribution in [-0.4, -0.2) is 19.9 Å². The van der Waals surface area contributed by atoms with Gasteiger partial charge in [0.1, 0.15) is 11.2 Å². The summed E-state index contributed by atoms with van der Waals surface area (Å²) in [5, 5.41) is 2.13. The van der Waals surface area contributed by atoms with Gasteiger partial charge in [0.2, 0.25) is 0 Å². The second-order valence-corrected chi connectivity index (χ2v) is 17.4. The van der Waals surface area contributed by atoms with Crippen LogP contribution in [-0.2, 0) is 5.41 Å². The van der Waals surface area contributed by atoms with Crippen molar-refractivity contribution in [3.05, 3.63) is 169 Å². The molecule has 282 valence electrons. The highest BCUT2D eigenvalue weighted by Gasteiger charge is 2.62. The first-order chi connectivity index (χ1) is 29.2. The molecule has 5 aliphatic rings. The van der Waals surface area contributed by atoms with Crippen LogP contribution in [0.1, 0.15) is 43.2 Å². The van der Waals surface area contributed by atoms with Gasteiger partial charge in [0.15, 0.2) is 17.5 Å². The number of nitrogens with zero attached hydrogens (tertiary/aromatic N) is 4. The number of furan rings is 1. The maximum atomic E-state index is 6.65. The third-order valence-corrected chi connectivity index (χ3v) is 14.4. The number of pyridine rings is 1. The van der Waals surface area contributed by atoms with Crippen molar-refractivity contribution in [2.45, 2.75) is 37.5 Å². The topological polar surface area (TPSA) is 64.7 Å². The molecule has 0 aliphatic heterocycles. The average molecular weight is 761 g/mol. The van der Waals surface area contributed by atoms with Gasteiger partial charge in [-0.2, -0.15) is 0 Å². The first kappa shape index (κ1) is 33.3. The van der Waals surface area contributed by atoms with Crippen LogP contribution in [0.2, 0.25) is 0 Å². The van der Waals surface area contributed by atoms with Gasteiger partial charge in [-0.3, -0.25) is 4.98 Å². The molecule has 1 spiro atoms. The average Bonchev–Trinajstić information content (AvgIpc) is 3.83. The fourth-order valence-corrected chi connectivity index (χ4v) is 12.3. The van der Waals surface area contributed by atoms with E-state index in [1.165, 1.54) is 54.4 Å². The number of hydrogen-bond acceptors (Lipinski definition) is 5. The van der Waals surface area contributed by atoms with Crippen LogP contribution < -0.4 is 0 Å². The Bertz CT molecular complexity index is 3050. The normalized spacial score (nSPS) is 22.3. The van der Waals surface area contributed by atoms with E-state index in [-0.39, 0.29) is 5.41 Å². The Balaban J connectivity index is 1.09. The molecule has 0 radical (unpaired) electrons. The molecule has 0 unspecified atom stereocenters. The minimum absolute atomic E-state index is 0.109. The summed E-state index contributed by atoms with van der Waals surface area (Å²) in [7, 11) is 0. The first-order valence-electron chi connectivity index (χ1n) is 21.2. The van der Waals surface area contributed by atoms with Crippen LogP contribution in [0.4, 0.5) is 0 Å². The van der Waals surface area contributed by atoms with Crippen molar-refractivity contribution < 1.29 is 4.42 Å². The number of rotatable bonds is 5. The molecule has 59 heavy (non-hydrogen) atoms. The standard InChI is InChI=1S/C54H40N4O/c1-3-11-34(12-4-1)36-28-37(35-13-5-2-6-14-35)30-38(29-36)51-56-52(58-53(57-51)46-19-10-17-44-42-15-7-8-20-48(42)59-50(44)46)45-18-9-16-43-41-21-22-55-31-47(41)54(49(43)45)39-24-32-23-33(26-39)27-40(54)25-32/h1-22,28-33,39-40H,23-27H2. The molecular weight excluding hydrogens is 721 g/mol. The maximum Gasteiger partial charge on any atom is 0.167 e. The molecule has 5 heteroatoms. The molecule has 6 aromatic carbocycles. The summed E-state index contributed by atoms with van der Waals surface area (Å²) in [6, 6.07) is 51.6. The van der Waals surface area contributed by atoms with E-state index in [0.717, 1.165) is 72.7 Å². The first-order valence-corrected chi connectivity index (χ1v) is 21.2. The van der Waals surface area contributed by atoms with Gasteiger partial charge in [0, 0.05) is 39.7 Å². The molecule has 0 saturated heterocycles. The number of hydrogen-bond donors (Lipinski definition) is 0. The van der Waals surface area contributed by atoms with Crippen molar-refractivity contribution in [1.29, 1.82) is 0 Å². The van der Waals surface area contributed by atoms with Crippen molar-refractivity contribution >= 4 is 21.9 Å². The molecule has 14 rings (SSSR count). The Morgan fingerprint density at radius 3 is 1.76 bits per heavy atom. The molecular formula is C54H40N4O. The summed E-state index contributed by atoms with van der Waals surface area (Å²) in [5.74, 6) is 4.76. The third kappa shape index (κ3) is 4.91. The van der Waals surface area contributed by atoms with Crippen molar-refractivity contribution in [1.82, 2.24) is 19.9 Å². The number of para-hydroxylation sites is 2. The van der Waals surface area contributed by atoms with E-state index in [1.54, 1.807) is 0 Å². The van der Waals surface area contributed by atoms with E-state index in [2.05, 4.69) is 140 Å². The summed E-state index contributed by atoms with van der Waals surface area (Å²) < 4.78 is 6.65. The molecule has 3 heterocycles. The second-order valence-electron chi connectivity index (χ2n) is 17.4. The van der Waals surface area contributed by atoms with Gasteiger partial charge in [-0.05, 0) is 137 Å². The van der Waals surface area contributed by atoms with Crippen LogP contribution in [0.25, 0.3) is 89.5 Å². The molecule has 4 bridgehead atoms. The van der Waals surface area contributed by atoms with Gasteiger partial charge in [-0.1, -0.05) is 109 Å². The highest BCUT2D eigenvalue weighted by molar-refractivity contribution is 6.09. The maximum absolute atomic E-state index is 6.65. The van der Waals surface area contributed by atoms with Gasteiger partial charge in [0.05, 0.1) is 5.56 Å². The van der Waals surface area contributed by atoms with Crippen LogP contribution >= 0.6 is 0 Å². The monoisotopic (exact) mass is 760 g/mol. The fraction of sp³-hybridized carbons (Fsp3) is 0.185. The Morgan fingerprint density at radius 2 is 1.03 bits per heavy atom. The van der Waals surface area contributed by atoms with Gasteiger partial charge < -0.3 is 4.42 Å². The van der Waals surface area contributed by atoms with Crippen LogP contribution in [0.15, 0.2) is 162 Å². The fourth-order valence-electron chi connectivity index (χ4n) is 12.3. The van der Waals surface area contributed by atoms with E-state index in [1.807, 2.05) is 18.3 Å². The number of aromatic nitrogens is 4. The van der Waals surface area contributed by atoms with Crippen LogP contribution in [0.3, 0.4) is 0 Å². The van der Waals surface area contributed by atoms with E-state index < -0.39 is 0 Å². The lowest BCUT2D eigenvalue weighted by atomic mass is 9.43. The van der Waals surface area contributed by atoms with E-state index in [9.17, 15) is 0 Å².